The van der Waals surface area contributed by atoms with E-state index in [-0.39, 0.29) is 23.6 Å². The number of piperazine rings is 1. The van der Waals surface area contributed by atoms with Crippen LogP contribution in [0, 0.1) is 11.3 Å². The molecule has 2 amide bonds. The predicted octanol–water partition coefficient (Wildman–Crippen LogP) is 2.31. The van der Waals surface area contributed by atoms with Gasteiger partial charge in [0.15, 0.2) is 0 Å². The highest BCUT2D eigenvalue weighted by Crippen LogP contribution is 2.25. The van der Waals surface area contributed by atoms with Gasteiger partial charge in [0.25, 0.3) is 0 Å². The minimum atomic E-state index is -0.323. The Labute approximate surface area is 156 Å². The summed E-state index contributed by atoms with van der Waals surface area (Å²) in [6.07, 6.45) is 1.69. The summed E-state index contributed by atoms with van der Waals surface area (Å²) >= 11 is 1.38. The van der Waals surface area contributed by atoms with Gasteiger partial charge in [0.05, 0.1) is 21.5 Å². The van der Waals surface area contributed by atoms with E-state index in [1.807, 2.05) is 25.1 Å². The first-order valence-electron chi connectivity index (χ1n) is 8.26. The topological polar surface area (TPSA) is 77.3 Å². The Morgan fingerprint density at radius 3 is 2.69 bits per heavy atom. The van der Waals surface area contributed by atoms with E-state index in [1.54, 1.807) is 40.3 Å². The number of hydrogen-bond acceptors (Lipinski definition) is 5. The van der Waals surface area contributed by atoms with Crippen molar-refractivity contribution in [3.8, 4) is 6.07 Å². The zero-order chi connectivity index (χ0) is 18.5. The normalized spacial score (nSPS) is 15.5. The molecule has 6 nitrogen and oxygen atoms in total. The molecule has 26 heavy (non-hydrogen) atoms. The van der Waals surface area contributed by atoms with Gasteiger partial charge in [0.1, 0.15) is 12.6 Å². The molecule has 0 bridgehead atoms. The number of benzene rings is 1. The van der Waals surface area contributed by atoms with Crippen molar-refractivity contribution < 1.29 is 9.59 Å². The molecule has 132 valence electrons. The molecule has 0 aliphatic carbocycles. The molecule has 0 radical (unpaired) electrons. The van der Waals surface area contributed by atoms with Crippen molar-refractivity contribution in [1.82, 2.24) is 9.88 Å². The van der Waals surface area contributed by atoms with Gasteiger partial charge in [-0.2, -0.15) is 5.26 Å². The summed E-state index contributed by atoms with van der Waals surface area (Å²) in [5, 5.41) is 9.68. The molecular formula is C19H18N4O2S. The van der Waals surface area contributed by atoms with E-state index >= 15 is 0 Å². The third kappa shape index (κ3) is 3.86. The number of aromatic nitrogens is 1. The number of nitriles is 1. The molecule has 1 aromatic carbocycles. The van der Waals surface area contributed by atoms with Crippen LogP contribution in [0.5, 0.6) is 0 Å². The van der Waals surface area contributed by atoms with E-state index in [4.69, 9.17) is 0 Å². The van der Waals surface area contributed by atoms with Crippen LogP contribution in [0.3, 0.4) is 0 Å². The van der Waals surface area contributed by atoms with Crippen molar-refractivity contribution in [1.29, 1.82) is 5.26 Å². The summed E-state index contributed by atoms with van der Waals surface area (Å²) in [4.78, 5) is 32.6. The molecule has 0 N–H and O–H groups in total. The average molecular weight is 366 g/mol. The maximum atomic E-state index is 12.7. The van der Waals surface area contributed by atoms with Gasteiger partial charge < -0.3 is 9.80 Å². The summed E-state index contributed by atoms with van der Waals surface area (Å²) in [5.74, 6) is -0.260. The zero-order valence-electron chi connectivity index (χ0n) is 14.3. The van der Waals surface area contributed by atoms with E-state index in [1.165, 1.54) is 11.8 Å². The molecule has 2 aromatic rings. The molecule has 1 atom stereocenters. The van der Waals surface area contributed by atoms with Crippen LogP contribution in [0.15, 0.2) is 53.7 Å². The smallest absolute Gasteiger partial charge is 0.246 e. The third-order valence-corrected chi connectivity index (χ3v) is 5.17. The van der Waals surface area contributed by atoms with Crippen LogP contribution in [0.2, 0.25) is 0 Å². The second kappa shape index (κ2) is 8.02. The number of rotatable bonds is 4. The highest BCUT2D eigenvalue weighted by Gasteiger charge is 2.31. The predicted molar refractivity (Wildman–Crippen MR) is 99.6 cm³/mol. The summed E-state index contributed by atoms with van der Waals surface area (Å²) in [5.41, 5.74) is 1.06. The molecule has 7 heteroatoms. The largest absolute Gasteiger partial charge is 0.331 e. The van der Waals surface area contributed by atoms with Crippen LogP contribution >= 0.6 is 11.8 Å². The van der Waals surface area contributed by atoms with Crippen molar-refractivity contribution in [2.75, 3.05) is 24.5 Å². The number of anilines is 1. The fourth-order valence-corrected chi connectivity index (χ4v) is 3.72. The molecule has 1 aliphatic rings. The lowest BCUT2D eigenvalue weighted by molar-refractivity contribution is -0.136. The van der Waals surface area contributed by atoms with E-state index in [2.05, 4.69) is 11.1 Å². The Balaban J connectivity index is 1.66. The third-order valence-electron chi connectivity index (χ3n) is 4.13. The number of hydrogen-bond donors (Lipinski definition) is 0. The minimum absolute atomic E-state index is 0.0196. The second-order valence-electron chi connectivity index (χ2n) is 5.86. The lowest BCUT2D eigenvalue weighted by Crippen LogP contribution is -2.54. The first-order valence-corrected chi connectivity index (χ1v) is 9.14. The molecular weight excluding hydrogens is 348 g/mol. The van der Waals surface area contributed by atoms with Crippen LogP contribution in [0.25, 0.3) is 0 Å². The maximum absolute atomic E-state index is 12.7. The quantitative estimate of drug-likeness (QED) is 0.776. The highest BCUT2D eigenvalue weighted by molar-refractivity contribution is 8.00. The van der Waals surface area contributed by atoms with Gasteiger partial charge >= 0.3 is 0 Å². The van der Waals surface area contributed by atoms with Crippen LogP contribution in [0.4, 0.5) is 5.69 Å². The van der Waals surface area contributed by atoms with Gasteiger partial charge in [-0.05, 0) is 31.2 Å². The van der Waals surface area contributed by atoms with Crippen molar-refractivity contribution in [2.45, 2.75) is 17.2 Å². The van der Waals surface area contributed by atoms with Crippen LogP contribution in [-0.4, -0.2) is 46.6 Å². The van der Waals surface area contributed by atoms with Gasteiger partial charge in [0.2, 0.25) is 11.8 Å². The highest BCUT2D eigenvalue weighted by atomic mass is 32.2. The summed E-state index contributed by atoms with van der Waals surface area (Å²) < 4.78 is 0. The van der Waals surface area contributed by atoms with Gasteiger partial charge in [-0.3, -0.25) is 9.59 Å². The number of nitrogens with zero attached hydrogens (tertiary/aromatic N) is 4. The fourth-order valence-electron chi connectivity index (χ4n) is 2.83. The van der Waals surface area contributed by atoms with Crippen LogP contribution in [-0.2, 0) is 9.59 Å². The molecule has 0 unspecified atom stereocenters. The lowest BCUT2D eigenvalue weighted by Gasteiger charge is -2.35. The average Bonchev–Trinajstić information content (AvgIpc) is 2.68. The Bertz CT molecular complexity index is 850. The lowest BCUT2D eigenvalue weighted by atomic mass is 10.1. The Morgan fingerprint density at radius 1 is 1.23 bits per heavy atom. The number of carbonyl (C=O) groups excluding carboxylic acids is 2. The molecule has 1 aromatic heterocycles. The van der Waals surface area contributed by atoms with Gasteiger partial charge in [-0.15, -0.1) is 0 Å². The molecule has 1 fully saturated rings. The Morgan fingerprint density at radius 2 is 2.00 bits per heavy atom. The first-order chi connectivity index (χ1) is 12.6. The second-order valence-corrected chi connectivity index (χ2v) is 7.22. The molecule has 0 saturated carbocycles. The van der Waals surface area contributed by atoms with E-state index in [9.17, 15) is 14.9 Å². The van der Waals surface area contributed by atoms with Gasteiger partial charge in [-0.1, -0.05) is 30.0 Å². The molecule has 0 spiro atoms. The first kappa shape index (κ1) is 18.0. The zero-order valence-corrected chi connectivity index (χ0v) is 15.1. The summed E-state index contributed by atoms with van der Waals surface area (Å²) in [6.45, 7) is 2.66. The SMILES string of the molecule is C[C@H](Sc1ccccn1)C(=O)N1CCN(c2ccccc2C#N)C(=O)C1. The molecule has 2 heterocycles. The van der Waals surface area contributed by atoms with Gasteiger partial charge in [0, 0.05) is 19.3 Å². The van der Waals surface area contributed by atoms with Crippen molar-refractivity contribution in [3.05, 3.63) is 54.2 Å². The monoisotopic (exact) mass is 366 g/mol. The molecule has 3 rings (SSSR count). The maximum Gasteiger partial charge on any atom is 0.246 e. The van der Waals surface area contributed by atoms with Crippen molar-refractivity contribution >= 4 is 29.3 Å². The van der Waals surface area contributed by atoms with E-state index in [0.29, 0.717) is 24.3 Å². The summed E-state index contributed by atoms with van der Waals surface area (Å²) in [6, 6.07) is 14.7. The van der Waals surface area contributed by atoms with Crippen LogP contribution < -0.4 is 4.90 Å². The number of para-hydroxylation sites is 1. The Hall–Kier alpha value is -2.85. The minimum Gasteiger partial charge on any atom is -0.331 e. The van der Waals surface area contributed by atoms with Gasteiger partial charge in [-0.25, -0.2) is 4.98 Å². The number of pyridine rings is 1. The number of thioether (sulfide) groups is 1. The van der Waals surface area contributed by atoms with Crippen LogP contribution in [0.1, 0.15) is 12.5 Å². The summed E-state index contributed by atoms with van der Waals surface area (Å²) in [7, 11) is 0. The number of carbonyl (C=O) groups is 2. The Kier molecular flexibility index (Phi) is 5.54. The molecule has 1 saturated heterocycles. The standard InChI is InChI=1S/C19H18N4O2S/c1-14(26-17-8-4-5-9-21-17)19(25)22-10-11-23(18(24)13-22)16-7-3-2-6-15(16)12-20/h2-9,14H,10-11,13H2,1H3/t14-/m0/s1. The molecule has 1 aliphatic heterocycles. The fraction of sp³-hybridized carbons (Fsp3) is 0.263. The van der Waals surface area contributed by atoms with Crippen molar-refractivity contribution in [2.24, 2.45) is 0 Å². The number of amides is 2. The van der Waals surface area contributed by atoms with E-state index < -0.39 is 0 Å². The van der Waals surface area contributed by atoms with E-state index in [0.717, 1.165) is 5.03 Å². The van der Waals surface area contributed by atoms with Crippen molar-refractivity contribution in [3.63, 3.8) is 0 Å².